The summed E-state index contributed by atoms with van der Waals surface area (Å²) >= 11 is 0. The van der Waals surface area contributed by atoms with Gasteiger partial charge in [0.2, 0.25) is 0 Å². The highest BCUT2D eigenvalue weighted by Crippen LogP contribution is 2.19. The second-order valence-electron chi connectivity index (χ2n) is 5.09. The van der Waals surface area contributed by atoms with E-state index in [4.69, 9.17) is 5.73 Å². The monoisotopic (exact) mass is 184 g/mol. The standard InChI is InChI=1S/C11H24N2/c1-11(2,12)7-6-10-5-3-4-8-13-9-10/h10,13H,3-9,12H2,1-2H3. The van der Waals surface area contributed by atoms with Gasteiger partial charge in [-0.3, -0.25) is 0 Å². The molecular weight excluding hydrogens is 160 g/mol. The van der Waals surface area contributed by atoms with Crippen LogP contribution in [0.1, 0.15) is 46.0 Å². The Morgan fingerprint density at radius 3 is 2.85 bits per heavy atom. The van der Waals surface area contributed by atoms with E-state index in [9.17, 15) is 0 Å². The molecule has 2 nitrogen and oxygen atoms in total. The van der Waals surface area contributed by atoms with Crippen LogP contribution in [0, 0.1) is 5.92 Å². The molecule has 0 spiro atoms. The van der Waals surface area contributed by atoms with Crippen molar-refractivity contribution in [2.75, 3.05) is 13.1 Å². The van der Waals surface area contributed by atoms with Gasteiger partial charge >= 0.3 is 0 Å². The van der Waals surface area contributed by atoms with Crippen molar-refractivity contribution in [1.82, 2.24) is 5.32 Å². The summed E-state index contributed by atoms with van der Waals surface area (Å²) in [7, 11) is 0. The second kappa shape index (κ2) is 4.97. The lowest BCUT2D eigenvalue weighted by molar-refractivity contribution is 0.367. The third-order valence-corrected chi connectivity index (χ3v) is 2.85. The van der Waals surface area contributed by atoms with Crippen LogP contribution in [0.25, 0.3) is 0 Å². The molecular formula is C11H24N2. The lowest BCUT2D eigenvalue weighted by atomic mass is 9.91. The lowest BCUT2D eigenvalue weighted by Gasteiger charge is -2.22. The van der Waals surface area contributed by atoms with E-state index in [0.29, 0.717) is 0 Å². The van der Waals surface area contributed by atoms with Gasteiger partial charge < -0.3 is 11.1 Å². The van der Waals surface area contributed by atoms with Crippen LogP contribution in [-0.2, 0) is 0 Å². The van der Waals surface area contributed by atoms with Gasteiger partial charge in [0.15, 0.2) is 0 Å². The molecule has 0 radical (unpaired) electrons. The molecule has 1 aliphatic rings. The Balaban J connectivity index is 2.19. The molecule has 3 N–H and O–H groups in total. The fraction of sp³-hybridized carbons (Fsp3) is 1.00. The van der Waals surface area contributed by atoms with Crippen molar-refractivity contribution >= 4 is 0 Å². The molecule has 0 aromatic rings. The van der Waals surface area contributed by atoms with Crippen LogP contribution < -0.4 is 11.1 Å². The van der Waals surface area contributed by atoms with Crippen molar-refractivity contribution < 1.29 is 0 Å². The van der Waals surface area contributed by atoms with E-state index < -0.39 is 0 Å². The number of rotatable bonds is 3. The van der Waals surface area contributed by atoms with Crippen LogP contribution in [0.4, 0.5) is 0 Å². The van der Waals surface area contributed by atoms with Crippen LogP contribution >= 0.6 is 0 Å². The predicted molar refractivity (Wildman–Crippen MR) is 57.7 cm³/mol. The van der Waals surface area contributed by atoms with Crippen molar-refractivity contribution in [3.05, 3.63) is 0 Å². The Morgan fingerprint density at radius 2 is 2.15 bits per heavy atom. The van der Waals surface area contributed by atoms with Gasteiger partial charge in [0.05, 0.1) is 0 Å². The molecule has 0 aliphatic carbocycles. The Hall–Kier alpha value is -0.0800. The summed E-state index contributed by atoms with van der Waals surface area (Å²) in [5, 5.41) is 3.49. The van der Waals surface area contributed by atoms with Gasteiger partial charge in [-0.15, -0.1) is 0 Å². The smallest absolute Gasteiger partial charge is 0.00971 e. The molecule has 1 saturated heterocycles. The van der Waals surface area contributed by atoms with E-state index in [2.05, 4.69) is 19.2 Å². The first-order valence-electron chi connectivity index (χ1n) is 5.57. The minimum Gasteiger partial charge on any atom is -0.326 e. The zero-order valence-corrected chi connectivity index (χ0v) is 9.10. The summed E-state index contributed by atoms with van der Waals surface area (Å²) in [6.45, 7) is 6.66. The van der Waals surface area contributed by atoms with Crippen molar-refractivity contribution in [2.24, 2.45) is 11.7 Å². The van der Waals surface area contributed by atoms with Crippen LogP contribution in [0.3, 0.4) is 0 Å². The lowest BCUT2D eigenvalue weighted by Crippen LogP contribution is -2.33. The number of nitrogens with one attached hydrogen (secondary N) is 1. The fourth-order valence-corrected chi connectivity index (χ4v) is 1.91. The van der Waals surface area contributed by atoms with Crippen LogP contribution in [0.2, 0.25) is 0 Å². The SMILES string of the molecule is CC(C)(N)CCC1CCCCNC1. The third-order valence-electron chi connectivity index (χ3n) is 2.85. The second-order valence-corrected chi connectivity index (χ2v) is 5.09. The molecule has 1 unspecified atom stereocenters. The Morgan fingerprint density at radius 1 is 1.38 bits per heavy atom. The maximum Gasteiger partial charge on any atom is 0.00971 e. The van der Waals surface area contributed by atoms with Crippen LogP contribution in [0.15, 0.2) is 0 Å². The average molecular weight is 184 g/mol. The minimum absolute atomic E-state index is 0.0201. The highest BCUT2D eigenvalue weighted by atomic mass is 14.9. The third kappa shape index (κ3) is 5.27. The zero-order valence-electron chi connectivity index (χ0n) is 9.10. The highest BCUT2D eigenvalue weighted by Gasteiger charge is 2.16. The average Bonchev–Trinajstić information content (AvgIpc) is 2.26. The van der Waals surface area contributed by atoms with Gasteiger partial charge in [-0.25, -0.2) is 0 Å². The summed E-state index contributed by atoms with van der Waals surface area (Å²) in [4.78, 5) is 0. The first-order chi connectivity index (χ1) is 6.08. The molecule has 0 aromatic heterocycles. The largest absolute Gasteiger partial charge is 0.326 e. The highest BCUT2D eigenvalue weighted by molar-refractivity contribution is 4.75. The topological polar surface area (TPSA) is 38.0 Å². The molecule has 13 heavy (non-hydrogen) atoms. The molecule has 1 atom stereocenters. The fourth-order valence-electron chi connectivity index (χ4n) is 1.91. The summed E-state index contributed by atoms with van der Waals surface area (Å²) in [5.74, 6) is 0.866. The van der Waals surface area contributed by atoms with E-state index in [1.54, 1.807) is 0 Å². The van der Waals surface area contributed by atoms with Gasteiger partial charge in [-0.1, -0.05) is 6.42 Å². The molecule has 0 amide bonds. The molecule has 0 aromatic carbocycles. The number of hydrogen-bond acceptors (Lipinski definition) is 2. The van der Waals surface area contributed by atoms with Crippen LogP contribution in [-0.4, -0.2) is 18.6 Å². The maximum absolute atomic E-state index is 5.97. The maximum atomic E-state index is 5.97. The molecule has 0 saturated carbocycles. The van der Waals surface area contributed by atoms with E-state index in [0.717, 1.165) is 12.3 Å². The molecule has 78 valence electrons. The Labute approximate surface area is 82.3 Å². The van der Waals surface area contributed by atoms with Gasteiger partial charge in [0.25, 0.3) is 0 Å². The zero-order chi connectivity index (χ0) is 9.73. The Kier molecular flexibility index (Phi) is 4.20. The van der Waals surface area contributed by atoms with Crippen molar-refractivity contribution in [1.29, 1.82) is 0 Å². The molecule has 1 fully saturated rings. The molecule has 1 heterocycles. The van der Waals surface area contributed by atoms with Crippen molar-refractivity contribution in [3.63, 3.8) is 0 Å². The van der Waals surface area contributed by atoms with E-state index in [1.807, 2.05) is 0 Å². The summed E-state index contributed by atoms with van der Waals surface area (Å²) in [6.07, 6.45) is 6.57. The van der Waals surface area contributed by atoms with Crippen molar-refractivity contribution in [2.45, 2.75) is 51.5 Å². The summed E-state index contributed by atoms with van der Waals surface area (Å²) < 4.78 is 0. The predicted octanol–water partition coefficient (Wildman–Crippen LogP) is 1.89. The first kappa shape index (κ1) is 11.0. The molecule has 1 rings (SSSR count). The molecule has 0 bridgehead atoms. The van der Waals surface area contributed by atoms with Gasteiger partial charge in [-0.05, 0) is 58.5 Å². The first-order valence-corrected chi connectivity index (χ1v) is 5.57. The molecule has 1 aliphatic heterocycles. The van der Waals surface area contributed by atoms with Crippen molar-refractivity contribution in [3.8, 4) is 0 Å². The number of hydrogen-bond donors (Lipinski definition) is 2. The Bertz CT molecular complexity index is 130. The summed E-state index contributed by atoms with van der Waals surface area (Å²) in [6, 6.07) is 0. The minimum atomic E-state index is 0.0201. The normalized spacial score (nSPS) is 25.6. The van der Waals surface area contributed by atoms with Gasteiger partial charge in [0, 0.05) is 5.54 Å². The van der Waals surface area contributed by atoms with E-state index >= 15 is 0 Å². The summed E-state index contributed by atoms with van der Waals surface area (Å²) in [5.41, 5.74) is 5.99. The van der Waals surface area contributed by atoms with E-state index in [1.165, 1.54) is 38.8 Å². The van der Waals surface area contributed by atoms with Gasteiger partial charge in [-0.2, -0.15) is 0 Å². The van der Waals surface area contributed by atoms with E-state index in [-0.39, 0.29) is 5.54 Å². The van der Waals surface area contributed by atoms with Gasteiger partial charge in [0.1, 0.15) is 0 Å². The quantitative estimate of drug-likeness (QED) is 0.703. The molecule has 2 heteroatoms. The van der Waals surface area contributed by atoms with Crippen LogP contribution in [0.5, 0.6) is 0 Å². The number of nitrogens with two attached hydrogens (primary N) is 1.